The van der Waals surface area contributed by atoms with Crippen molar-refractivity contribution in [2.75, 3.05) is 5.32 Å². The number of rotatable bonds is 4. The summed E-state index contributed by atoms with van der Waals surface area (Å²) in [6.45, 7) is 1.72. The Hall–Kier alpha value is -2.93. The number of halogens is 3. The lowest BCUT2D eigenvalue weighted by Gasteiger charge is -2.36. The van der Waals surface area contributed by atoms with Crippen LogP contribution in [0.2, 0.25) is 5.02 Å². The van der Waals surface area contributed by atoms with E-state index >= 15 is 0 Å². The van der Waals surface area contributed by atoms with Crippen molar-refractivity contribution in [1.29, 1.82) is 0 Å². The van der Waals surface area contributed by atoms with Crippen molar-refractivity contribution in [2.24, 2.45) is 0 Å². The van der Waals surface area contributed by atoms with Crippen molar-refractivity contribution in [3.05, 3.63) is 76.0 Å². The molecule has 3 amide bonds. The van der Waals surface area contributed by atoms with Crippen molar-refractivity contribution in [3.63, 3.8) is 0 Å². The van der Waals surface area contributed by atoms with Crippen LogP contribution in [0.25, 0.3) is 0 Å². The Bertz CT molecular complexity index is 1020. The highest BCUT2D eigenvalue weighted by molar-refractivity contribution is 6.30. The molecule has 2 aliphatic rings. The van der Waals surface area contributed by atoms with Crippen molar-refractivity contribution in [2.45, 2.75) is 31.8 Å². The number of carbonyl (C=O) groups is 2. The van der Waals surface area contributed by atoms with E-state index in [-0.39, 0.29) is 17.8 Å². The minimum atomic E-state index is -1.06. The van der Waals surface area contributed by atoms with E-state index in [1.807, 2.05) is 0 Å². The average molecular weight is 418 g/mol. The fourth-order valence-corrected chi connectivity index (χ4v) is 3.63. The van der Waals surface area contributed by atoms with Gasteiger partial charge in [0.2, 0.25) is 0 Å². The van der Waals surface area contributed by atoms with Crippen LogP contribution in [0.3, 0.4) is 0 Å². The number of benzene rings is 2. The maximum atomic E-state index is 13.5. The van der Waals surface area contributed by atoms with Gasteiger partial charge in [-0.3, -0.25) is 9.69 Å². The number of anilines is 1. The highest BCUT2D eigenvalue weighted by Gasteiger charge is 2.42. The van der Waals surface area contributed by atoms with Gasteiger partial charge < -0.3 is 10.6 Å². The summed E-state index contributed by atoms with van der Waals surface area (Å²) >= 11 is 5.96. The molecule has 1 fully saturated rings. The molecule has 5 nitrogen and oxygen atoms in total. The zero-order chi connectivity index (χ0) is 20.7. The van der Waals surface area contributed by atoms with E-state index in [2.05, 4.69) is 10.6 Å². The lowest BCUT2D eigenvalue weighted by molar-refractivity contribution is -0.113. The predicted molar refractivity (Wildman–Crippen MR) is 105 cm³/mol. The number of amides is 3. The van der Waals surface area contributed by atoms with Crippen LogP contribution in [0.4, 0.5) is 19.3 Å². The minimum absolute atomic E-state index is 0.0623. The van der Waals surface area contributed by atoms with Gasteiger partial charge in [0, 0.05) is 28.5 Å². The topological polar surface area (TPSA) is 61.4 Å². The second kappa shape index (κ2) is 7.48. The van der Waals surface area contributed by atoms with Gasteiger partial charge >= 0.3 is 6.03 Å². The number of nitrogens with one attached hydrogen (secondary N) is 2. The van der Waals surface area contributed by atoms with Crippen LogP contribution in [0.5, 0.6) is 0 Å². The van der Waals surface area contributed by atoms with Gasteiger partial charge in [0.15, 0.2) is 11.6 Å². The van der Waals surface area contributed by atoms with Gasteiger partial charge in [-0.2, -0.15) is 0 Å². The summed E-state index contributed by atoms with van der Waals surface area (Å²) in [5.41, 5.74) is 1.69. The number of hydrogen-bond acceptors (Lipinski definition) is 2. The summed E-state index contributed by atoms with van der Waals surface area (Å²) in [6, 6.07) is 9.07. The zero-order valence-corrected chi connectivity index (χ0v) is 16.3. The van der Waals surface area contributed by atoms with Gasteiger partial charge in [-0.25, -0.2) is 13.6 Å². The smallest absolute Gasteiger partial charge is 0.322 e. The SMILES string of the molecule is CC1=C(C(=O)Nc2ccc(F)c(F)c2)[C@@H](c2ccc(Cl)cc2)NC(=O)N1C1CC1. The van der Waals surface area contributed by atoms with Crippen molar-refractivity contribution >= 4 is 29.2 Å². The first-order valence-corrected chi connectivity index (χ1v) is 9.55. The van der Waals surface area contributed by atoms with E-state index < -0.39 is 23.6 Å². The van der Waals surface area contributed by atoms with Gasteiger partial charge in [0.05, 0.1) is 11.6 Å². The Morgan fingerprint density at radius 3 is 2.45 bits per heavy atom. The summed E-state index contributed by atoms with van der Waals surface area (Å²) in [7, 11) is 0. The normalized spacial score (nSPS) is 19.2. The molecule has 150 valence electrons. The molecule has 1 heterocycles. The Morgan fingerprint density at radius 2 is 1.83 bits per heavy atom. The Kier molecular flexibility index (Phi) is 5.00. The molecule has 0 aromatic heterocycles. The fraction of sp³-hybridized carbons (Fsp3) is 0.238. The molecule has 1 saturated carbocycles. The van der Waals surface area contributed by atoms with E-state index in [1.165, 1.54) is 6.07 Å². The number of urea groups is 1. The molecule has 0 unspecified atom stereocenters. The Balaban J connectivity index is 1.72. The predicted octanol–water partition coefficient (Wildman–Crippen LogP) is 4.76. The monoisotopic (exact) mass is 417 g/mol. The van der Waals surface area contributed by atoms with E-state index in [4.69, 9.17) is 11.6 Å². The molecule has 2 aromatic carbocycles. The standard InChI is InChI=1S/C21H18ClF2N3O2/c1-11-18(20(28)25-14-6-9-16(23)17(24)10-14)19(12-2-4-13(22)5-3-12)26-21(29)27(11)15-7-8-15/h2-6,9-10,15,19H,7-8H2,1H3,(H,25,28)(H,26,29)/t19-/m1/s1. The number of allylic oxidation sites excluding steroid dienone is 1. The maximum Gasteiger partial charge on any atom is 0.322 e. The molecule has 0 saturated heterocycles. The van der Waals surface area contributed by atoms with Crippen molar-refractivity contribution < 1.29 is 18.4 Å². The van der Waals surface area contributed by atoms with Gasteiger partial charge in [0.1, 0.15) is 0 Å². The number of nitrogens with zero attached hydrogens (tertiary/aromatic N) is 1. The van der Waals surface area contributed by atoms with Crippen LogP contribution in [-0.4, -0.2) is 22.9 Å². The first-order valence-electron chi connectivity index (χ1n) is 9.17. The van der Waals surface area contributed by atoms with Crippen LogP contribution < -0.4 is 10.6 Å². The molecule has 1 atom stereocenters. The van der Waals surface area contributed by atoms with Crippen molar-refractivity contribution in [1.82, 2.24) is 10.2 Å². The van der Waals surface area contributed by atoms with Crippen LogP contribution in [0, 0.1) is 11.6 Å². The first kappa shape index (κ1) is 19.4. The molecule has 1 aliphatic carbocycles. The van der Waals surface area contributed by atoms with Crippen LogP contribution in [0.15, 0.2) is 53.7 Å². The Labute approximate surface area is 171 Å². The minimum Gasteiger partial charge on any atom is -0.326 e. The van der Waals surface area contributed by atoms with Gasteiger partial charge in [-0.15, -0.1) is 0 Å². The van der Waals surface area contributed by atoms with Crippen molar-refractivity contribution in [3.8, 4) is 0 Å². The molecule has 0 radical (unpaired) electrons. The molecule has 2 N–H and O–H groups in total. The van der Waals surface area contributed by atoms with Gasteiger partial charge in [-0.1, -0.05) is 23.7 Å². The molecular formula is C21H18ClF2N3O2. The van der Waals surface area contributed by atoms with Crippen LogP contribution in [-0.2, 0) is 4.79 Å². The Morgan fingerprint density at radius 1 is 1.14 bits per heavy atom. The summed E-state index contributed by atoms with van der Waals surface area (Å²) in [5.74, 6) is -2.55. The highest BCUT2D eigenvalue weighted by Crippen LogP contribution is 2.38. The quantitative estimate of drug-likeness (QED) is 0.753. The van der Waals surface area contributed by atoms with Crippen LogP contribution >= 0.6 is 11.6 Å². The zero-order valence-electron chi connectivity index (χ0n) is 15.5. The van der Waals surface area contributed by atoms with Crippen LogP contribution in [0.1, 0.15) is 31.4 Å². The third-order valence-electron chi connectivity index (χ3n) is 5.06. The second-order valence-corrected chi connectivity index (χ2v) is 7.55. The highest BCUT2D eigenvalue weighted by atomic mass is 35.5. The van der Waals surface area contributed by atoms with E-state index in [0.29, 0.717) is 21.9 Å². The summed E-state index contributed by atoms with van der Waals surface area (Å²) in [4.78, 5) is 27.4. The summed E-state index contributed by atoms with van der Waals surface area (Å²) in [6.07, 6.45) is 1.74. The average Bonchev–Trinajstić information content (AvgIpc) is 3.50. The molecule has 1 aliphatic heterocycles. The molecule has 0 spiro atoms. The van der Waals surface area contributed by atoms with E-state index in [0.717, 1.165) is 25.0 Å². The number of hydrogen-bond donors (Lipinski definition) is 2. The summed E-state index contributed by atoms with van der Waals surface area (Å²) < 4.78 is 26.7. The van der Waals surface area contributed by atoms with E-state index in [9.17, 15) is 18.4 Å². The third kappa shape index (κ3) is 3.82. The molecule has 2 aromatic rings. The van der Waals surface area contributed by atoms with Gasteiger partial charge in [0.25, 0.3) is 5.91 Å². The molecule has 29 heavy (non-hydrogen) atoms. The molecule has 8 heteroatoms. The first-order chi connectivity index (χ1) is 13.8. The molecule has 4 rings (SSSR count). The van der Waals surface area contributed by atoms with E-state index in [1.54, 1.807) is 36.1 Å². The third-order valence-corrected chi connectivity index (χ3v) is 5.32. The van der Waals surface area contributed by atoms with Gasteiger partial charge in [-0.05, 0) is 49.6 Å². The lowest BCUT2D eigenvalue weighted by atomic mass is 9.94. The fourth-order valence-electron chi connectivity index (χ4n) is 3.50. The largest absolute Gasteiger partial charge is 0.326 e. The summed E-state index contributed by atoms with van der Waals surface area (Å²) in [5, 5.41) is 6.02. The second-order valence-electron chi connectivity index (χ2n) is 7.12. The molecule has 0 bridgehead atoms. The lowest BCUT2D eigenvalue weighted by Crippen LogP contribution is -2.49. The molecular weight excluding hydrogens is 400 g/mol. The maximum absolute atomic E-state index is 13.5. The number of carbonyl (C=O) groups excluding carboxylic acids is 2.